The number of nitrogens with one attached hydrogen (secondary N) is 1. The fourth-order valence-corrected chi connectivity index (χ4v) is 2.18. The molecule has 0 saturated heterocycles. The summed E-state index contributed by atoms with van der Waals surface area (Å²) in [5, 5.41) is 3.51. The van der Waals surface area contributed by atoms with Gasteiger partial charge in [0.05, 0.1) is 0 Å². The second kappa shape index (κ2) is 6.34. The van der Waals surface area contributed by atoms with Gasteiger partial charge < -0.3 is 11.1 Å². The maximum atomic E-state index is 6.00. The zero-order valence-corrected chi connectivity index (χ0v) is 11.6. The van der Waals surface area contributed by atoms with E-state index in [1.807, 2.05) is 12.3 Å². The Morgan fingerprint density at radius 2 is 1.95 bits per heavy atom. The molecule has 1 aromatic carbocycles. The van der Waals surface area contributed by atoms with Crippen molar-refractivity contribution in [3.63, 3.8) is 0 Å². The molecule has 3 heteroatoms. The molecule has 1 heterocycles. The van der Waals surface area contributed by atoms with Gasteiger partial charge in [0, 0.05) is 24.1 Å². The zero-order chi connectivity index (χ0) is 13.7. The molecule has 0 spiro atoms. The van der Waals surface area contributed by atoms with E-state index in [1.54, 1.807) is 6.20 Å². The quantitative estimate of drug-likeness (QED) is 0.863. The van der Waals surface area contributed by atoms with Crippen LogP contribution in [-0.2, 0) is 6.42 Å². The Morgan fingerprint density at radius 3 is 2.58 bits per heavy atom. The van der Waals surface area contributed by atoms with Crippen LogP contribution >= 0.6 is 0 Å². The summed E-state index contributed by atoms with van der Waals surface area (Å²) in [6.07, 6.45) is 4.44. The third-order valence-electron chi connectivity index (χ3n) is 3.30. The predicted octanol–water partition coefficient (Wildman–Crippen LogP) is 2.87. The van der Waals surface area contributed by atoms with Crippen LogP contribution in [0.25, 0.3) is 0 Å². The largest absolute Gasteiger partial charge is 0.398 e. The summed E-state index contributed by atoms with van der Waals surface area (Å²) in [7, 11) is 0. The van der Waals surface area contributed by atoms with E-state index in [0.717, 1.165) is 24.2 Å². The zero-order valence-electron chi connectivity index (χ0n) is 11.6. The van der Waals surface area contributed by atoms with E-state index in [2.05, 4.69) is 48.4 Å². The van der Waals surface area contributed by atoms with Crippen LogP contribution in [0.15, 0.2) is 42.7 Å². The Balaban J connectivity index is 2.21. The molecule has 1 unspecified atom stereocenters. The molecule has 1 aromatic heterocycles. The molecule has 0 radical (unpaired) electrons. The maximum Gasteiger partial charge on any atom is 0.0378 e. The minimum absolute atomic E-state index is 0.275. The summed E-state index contributed by atoms with van der Waals surface area (Å²) in [4.78, 5) is 4.16. The summed E-state index contributed by atoms with van der Waals surface area (Å²) >= 11 is 0. The number of hydrogen-bond donors (Lipinski definition) is 2. The fourth-order valence-electron chi connectivity index (χ4n) is 2.18. The number of nitrogens with zero attached hydrogens (tertiary/aromatic N) is 1. The number of likely N-dealkylation sites (N-methyl/N-ethyl adjacent to an activating group) is 1. The molecular formula is C16H21N3. The summed E-state index contributed by atoms with van der Waals surface area (Å²) in [5.41, 5.74) is 10.5. The third kappa shape index (κ3) is 3.55. The summed E-state index contributed by atoms with van der Waals surface area (Å²) in [5.74, 6) is 0. The molecule has 0 saturated carbocycles. The van der Waals surface area contributed by atoms with Gasteiger partial charge in [-0.2, -0.15) is 0 Å². The second-order valence-electron chi connectivity index (χ2n) is 4.80. The van der Waals surface area contributed by atoms with Gasteiger partial charge in [0.1, 0.15) is 0 Å². The Morgan fingerprint density at radius 1 is 1.21 bits per heavy atom. The molecule has 0 bridgehead atoms. The fraction of sp³-hybridized carbons (Fsp3) is 0.312. The van der Waals surface area contributed by atoms with E-state index >= 15 is 0 Å². The van der Waals surface area contributed by atoms with Gasteiger partial charge in [-0.05, 0) is 37.1 Å². The van der Waals surface area contributed by atoms with Crippen molar-refractivity contribution >= 4 is 5.69 Å². The van der Waals surface area contributed by atoms with Gasteiger partial charge in [-0.1, -0.05) is 36.8 Å². The van der Waals surface area contributed by atoms with Crippen LogP contribution in [0.5, 0.6) is 0 Å². The first kappa shape index (κ1) is 13.6. The van der Waals surface area contributed by atoms with Gasteiger partial charge in [-0.3, -0.25) is 4.98 Å². The Bertz CT molecular complexity index is 520. The summed E-state index contributed by atoms with van der Waals surface area (Å²) in [6.45, 7) is 5.15. The highest BCUT2D eigenvalue weighted by atomic mass is 14.9. The number of nitrogen functional groups attached to an aromatic ring is 1. The first-order valence-electron chi connectivity index (χ1n) is 6.69. The lowest BCUT2D eigenvalue weighted by Gasteiger charge is -2.19. The van der Waals surface area contributed by atoms with Crippen molar-refractivity contribution in [2.24, 2.45) is 0 Å². The highest BCUT2D eigenvalue weighted by Gasteiger charge is 2.12. The van der Waals surface area contributed by atoms with Crippen molar-refractivity contribution in [2.75, 3.05) is 12.3 Å². The third-order valence-corrected chi connectivity index (χ3v) is 3.30. The number of rotatable bonds is 5. The number of pyridine rings is 1. The molecule has 2 rings (SSSR count). The number of hydrogen-bond acceptors (Lipinski definition) is 3. The SMILES string of the molecule is CCNC(Cc1cnccc1N)c1ccc(C)cc1. The first-order chi connectivity index (χ1) is 9.20. The van der Waals surface area contributed by atoms with Gasteiger partial charge in [0.2, 0.25) is 0 Å². The topological polar surface area (TPSA) is 50.9 Å². The molecule has 19 heavy (non-hydrogen) atoms. The van der Waals surface area contributed by atoms with Crippen molar-refractivity contribution in [3.8, 4) is 0 Å². The minimum atomic E-state index is 0.275. The van der Waals surface area contributed by atoms with Crippen LogP contribution in [0.3, 0.4) is 0 Å². The maximum absolute atomic E-state index is 6.00. The van der Waals surface area contributed by atoms with E-state index in [0.29, 0.717) is 0 Å². The van der Waals surface area contributed by atoms with Crippen LogP contribution in [-0.4, -0.2) is 11.5 Å². The highest BCUT2D eigenvalue weighted by molar-refractivity contribution is 5.45. The van der Waals surface area contributed by atoms with E-state index in [-0.39, 0.29) is 6.04 Å². The van der Waals surface area contributed by atoms with Crippen molar-refractivity contribution in [2.45, 2.75) is 26.3 Å². The average Bonchev–Trinajstić information content (AvgIpc) is 2.42. The van der Waals surface area contributed by atoms with Gasteiger partial charge in [-0.15, -0.1) is 0 Å². The van der Waals surface area contributed by atoms with Crippen LogP contribution in [0.2, 0.25) is 0 Å². The van der Waals surface area contributed by atoms with Gasteiger partial charge in [0.25, 0.3) is 0 Å². The second-order valence-corrected chi connectivity index (χ2v) is 4.80. The molecule has 0 aliphatic carbocycles. The molecule has 3 N–H and O–H groups in total. The predicted molar refractivity (Wildman–Crippen MR) is 80.0 cm³/mol. The van der Waals surface area contributed by atoms with E-state index < -0.39 is 0 Å². The first-order valence-corrected chi connectivity index (χ1v) is 6.69. The average molecular weight is 255 g/mol. The van der Waals surface area contributed by atoms with Gasteiger partial charge in [0.15, 0.2) is 0 Å². The summed E-state index contributed by atoms with van der Waals surface area (Å²) in [6, 6.07) is 10.8. The van der Waals surface area contributed by atoms with Crippen molar-refractivity contribution in [1.82, 2.24) is 10.3 Å². The number of nitrogens with two attached hydrogens (primary N) is 1. The molecule has 0 fully saturated rings. The van der Waals surface area contributed by atoms with E-state index in [9.17, 15) is 0 Å². The smallest absolute Gasteiger partial charge is 0.0378 e. The lowest BCUT2D eigenvalue weighted by atomic mass is 9.98. The number of aromatic nitrogens is 1. The lowest BCUT2D eigenvalue weighted by molar-refractivity contribution is 0.549. The number of benzene rings is 1. The van der Waals surface area contributed by atoms with Gasteiger partial charge >= 0.3 is 0 Å². The standard InChI is InChI=1S/C16H21N3/c1-3-19-16(13-6-4-12(2)5-7-13)10-14-11-18-9-8-15(14)17/h4-9,11,16,19H,3,10H2,1-2H3,(H2,17,18). The molecule has 0 aliphatic heterocycles. The minimum Gasteiger partial charge on any atom is -0.398 e. The summed E-state index contributed by atoms with van der Waals surface area (Å²) < 4.78 is 0. The van der Waals surface area contributed by atoms with Crippen molar-refractivity contribution in [3.05, 3.63) is 59.4 Å². The van der Waals surface area contributed by atoms with Crippen LogP contribution in [0.1, 0.15) is 29.7 Å². The molecule has 1 atom stereocenters. The Labute approximate surface area is 114 Å². The van der Waals surface area contributed by atoms with Crippen molar-refractivity contribution < 1.29 is 0 Å². The molecule has 0 aliphatic rings. The Hall–Kier alpha value is -1.87. The number of anilines is 1. The van der Waals surface area contributed by atoms with E-state index in [4.69, 9.17) is 5.73 Å². The van der Waals surface area contributed by atoms with E-state index in [1.165, 1.54) is 11.1 Å². The highest BCUT2D eigenvalue weighted by Crippen LogP contribution is 2.21. The normalized spacial score (nSPS) is 12.3. The van der Waals surface area contributed by atoms with Crippen molar-refractivity contribution in [1.29, 1.82) is 0 Å². The monoisotopic (exact) mass is 255 g/mol. The van der Waals surface area contributed by atoms with Crippen LogP contribution in [0.4, 0.5) is 5.69 Å². The molecule has 3 nitrogen and oxygen atoms in total. The molecule has 100 valence electrons. The van der Waals surface area contributed by atoms with Gasteiger partial charge in [-0.25, -0.2) is 0 Å². The lowest BCUT2D eigenvalue weighted by Crippen LogP contribution is -2.23. The molecular weight excluding hydrogens is 234 g/mol. The molecule has 0 amide bonds. The Kier molecular flexibility index (Phi) is 4.53. The van der Waals surface area contributed by atoms with Crippen LogP contribution in [0, 0.1) is 6.92 Å². The molecule has 2 aromatic rings. The number of aryl methyl sites for hydroxylation is 1. The van der Waals surface area contributed by atoms with Crippen LogP contribution < -0.4 is 11.1 Å².